The fraction of sp³-hybridized carbons (Fsp3) is 0.636. The molecule has 1 heterocycles. The van der Waals surface area contributed by atoms with Crippen LogP contribution in [0.25, 0.3) is 0 Å². The first kappa shape index (κ1) is 23.2. The van der Waals surface area contributed by atoms with Gasteiger partial charge in [0.15, 0.2) is 5.96 Å². The maximum Gasteiger partial charge on any atom is 0.243 e. The maximum absolute atomic E-state index is 12.0. The highest BCUT2D eigenvalue weighted by molar-refractivity contribution is 5.85. The molecule has 7 nitrogen and oxygen atoms in total. The molecule has 162 valence electrons. The molecule has 29 heavy (non-hydrogen) atoms. The van der Waals surface area contributed by atoms with Crippen LogP contribution in [-0.2, 0) is 20.9 Å². The second kappa shape index (κ2) is 13.2. The molecule has 0 aromatic heterocycles. The number of benzene rings is 1. The first-order valence-corrected chi connectivity index (χ1v) is 10.5. The van der Waals surface area contributed by atoms with Gasteiger partial charge in [0, 0.05) is 52.9 Å². The van der Waals surface area contributed by atoms with E-state index in [0.717, 1.165) is 58.3 Å². The Hall–Kier alpha value is -2.12. The molecule has 1 aromatic rings. The van der Waals surface area contributed by atoms with Gasteiger partial charge >= 0.3 is 0 Å². The van der Waals surface area contributed by atoms with Crippen LogP contribution in [0.15, 0.2) is 35.3 Å². The molecular formula is C22H36N4O3. The highest BCUT2D eigenvalue weighted by atomic mass is 16.5. The zero-order chi connectivity index (χ0) is 20.9. The number of amides is 1. The van der Waals surface area contributed by atoms with E-state index >= 15 is 0 Å². The van der Waals surface area contributed by atoms with Crippen LogP contribution in [0.4, 0.5) is 0 Å². The molecule has 1 aliphatic heterocycles. The first-order chi connectivity index (χ1) is 14.1. The van der Waals surface area contributed by atoms with E-state index in [-0.39, 0.29) is 12.5 Å². The summed E-state index contributed by atoms with van der Waals surface area (Å²) in [5.41, 5.74) is 1.20. The molecule has 1 atom stereocenters. The Morgan fingerprint density at radius 2 is 2.07 bits per heavy atom. The van der Waals surface area contributed by atoms with Crippen molar-refractivity contribution in [3.63, 3.8) is 0 Å². The topological polar surface area (TPSA) is 66.4 Å². The van der Waals surface area contributed by atoms with Crippen LogP contribution in [0, 0.1) is 5.92 Å². The number of likely N-dealkylation sites (tertiary alicyclic amines) is 1. The van der Waals surface area contributed by atoms with Crippen LogP contribution in [0.2, 0.25) is 0 Å². The Kier molecular flexibility index (Phi) is 10.5. The van der Waals surface area contributed by atoms with E-state index in [1.165, 1.54) is 5.56 Å². The molecule has 1 aromatic carbocycles. The van der Waals surface area contributed by atoms with Gasteiger partial charge in [-0.15, -0.1) is 0 Å². The van der Waals surface area contributed by atoms with Gasteiger partial charge in [0.05, 0.1) is 13.2 Å². The fourth-order valence-electron chi connectivity index (χ4n) is 3.15. The van der Waals surface area contributed by atoms with Crippen molar-refractivity contribution in [3.05, 3.63) is 35.9 Å². The third-order valence-electron chi connectivity index (χ3n) is 4.87. The molecule has 0 spiro atoms. The van der Waals surface area contributed by atoms with Crippen molar-refractivity contribution in [2.24, 2.45) is 10.9 Å². The molecular weight excluding hydrogens is 368 g/mol. The van der Waals surface area contributed by atoms with Gasteiger partial charge in [-0.3, -0.25) is 4.79 Å². The van der Waals surface area contributed by atoms with Gasteiger partial charge in [0.25, 0.3) is 0 Å². The second-order valence-corrected chi connectivity index (χ2v) is 7.51. The summed E-state index contributed by atoms with van der Waals surface area (Å²) in [7, 11) is 3.51. The van der Waals surface area contributed by atoms with E-state index in [1.807, 2.05) is 25.1 Å². The zero-order valence-electron chi connectivity index (χ0n) is 18.1. The van der Waals surface area contributed by atoms with Crippen LogP contribution >= 0.6 is 0 Å². The van der Waals surface area contributed by atoms with E-state index in [0.29, 0.717) is 12.5 Å². The molecule has 0 radical (unpaired) electrons. The van der Waals surface area contributed by atoms with Crippen LogP contribution in [0.3, 0.4) is 0 Å². The molecule has 1 aliphatic rings. The number of aliphatic imine (C=N–C) groups is 1. The number of ether oxygens (including phenoxy) is 2. The summed E-state index contributed by atoms with van der Waals surface area (Å²) in [6.07, 6.45) is 1.97. The van der Waals surface area contributed by atoms with Crippen LogP contribution in [0.1, 0.15) is 25.3 Å². The minimum Gasteiger partial charge on any atom is -0.382 e. The first-order valence-electron chi connectivity index (χ1n) is 10.5. The van der Waals surface area contributed by atoms with Gasteiger partial charge in [-0.25, -0.2) is 4.99 Å². The van der Waals surface area contributed by atoms with Gasteiger partial charge in [-0.2, -0.15) is 0 Å². The van der Waals surface area contributed by atoms with Crippen molar-refractivity contribution in [2.45, 2.75) is 26.4 Å². The summed E-state index contributed by atoms with van der Waals surface area (Å²) < 4.78 is 11.3. The number of likely N-dealkylation sites (N-methyl/N-ethyl adjacent to an activating group) is 1. The number of rotatable bonds is 11. The predicted octanol–water partition coefficient (Wildman–Crippen LogP) is 1.99. The van der Waals surface area contributed by atoms with Gasteiger partial charge in [0.2, 0.25) is 5.91 Å². The number of hydrogen-bond acceptors (Lipinski definition) is 4. The summed E-state index contributed by atoms with van der Waals surface area (Å²) in [6, 6.07) is 10.2. The molecule has 0 bridgehead atoms. The van der Waals surface area contributed by atoms with E-state index < -0.39 is 0 Å². The largest absolute Gasteiger partial charge is 0.382 e. The minimum absolute atomic E-state index is 0.000516. The average molecular weight is 405 g/mol. The molecule has 1 fully saturated rings. The maximum atomic E-state index is 12.0. The molecule has 0 aliphatic carbocycles. The normalized spacial score (nSPS) is 16.9. The number of carbonyl (C=O) groups excluding carboxylic acids is 1. The van der Waals surface area contributed by atoms with Crippen molar-refractivity contribution in [3.8, 4) is 0 Å². The van der Waals surface area contributed by atoms with Crippen molar-refractivity contribution in [1.82, 2.24) is 15.1 Å². The average Bonchev–Trinajstić information content (AvgIpc) is 3.19. The van der Waals surface area contributed by atoms with E-state index in [2.05, 4.69) is 27.3 Å². The van der Waals surface area contributed by atoms with Crippen LogP contribution in [-0.4, -0.2) is 81.8 Å². The third kappa shape index (κ3) is 8.83. The number of carbonyl (C=O) groups is 1. The lowest BCUT2D eigenvalue weighted by atomic mass is 10.1. The van der Waals surface area contributed by atoms with Gasteiger partial charge in [0.1, 0.15) is 6.54 Å². The van der Waals surface area contributed by atoms with Crippen LogP contribution < -0.4 is 5.32 Å². The Labute approximate surface area is 175 Å². The summed E-state index contributed by atoms with van der Waals surface area (Å²) in [5, 5.41) is 3.40. The Bertz CT molecular complexity index is 622. The lowest BCUT2D eigenvalue weighted by Crippen LogP contribution is -2.41. The van der Waals surface area contributed by atoms with Crippen LogP contribution in [0.5, 0.6) is 0 Å². The highest BCUT2D eigenvalue weighted by Crippen LogP contribution is 2.17. The standard InChI is InChI=1S/C22H36N4O3/c1-4-28-14-8-12-23-22(24-15-21(27)25(2)3)26-13-11-20(16-26)18-29-17-19-9-6-5-7-10-19/h5-7,9-10,20H,4,8,11-18H2,1-3H3,(H,23,24). The molecule has 1 N–H and O–H groups in total. The molecule has 1 saturated heterocycles. The summed E-state index contributed by atoms with van der Waals surface area (Å²) >= 11 is 0. The summed E-state index contributed by atoms with van der Waals surface area (Å²) in [4.78, 5) is 20.3. The fourth-order valence-corrected chi connectivity index (χ4v) is 3.15. The lowest BCUT2D eigenvalue weighted by molar-refractivity contribution is -0.127. The number of hydrogen-bond donors (Lipinski definition) is 1. The minimum atomic E-state index is 0.000516. The SMILES string of the molecule is CCOCCCNC(=NCC(=O)N(C)C)N1CCC(COCc2ccccc2)C1. The Balaban J connectivity index is 1.81. The quantitative estimate of drug-likeness (QED) is 0.347. The van der Waals surface area contributed by atoms with Crippen molar-refractivity contribution < 1.29 is 14.3 Å². The van der Waals surface area contributed by atoms with E-state index in [1.54, 1.807) is 19.0 Å². The van der Waals surface area contributed by atoms with Gasteiger partial charge < -0.3 is 24.6 Å². The Morgan fingerprint density at radius 1 is 1.28 bits per heavy atom. The monoisotopic (exact) mass is 404 g/mol. The Morgan fingerprint density at radius 3 is 2.79 bits per heavy atom. The summed E-state index contributed by atoms with van der Waals surface area (Å²) in [5.74, 6) is 1.28. The van der Waals surface area contributed by atoms with Crippen molar-refractivity contribution in [1.29, 1.82) is 0 Å². The molecule has 2 rings (SSSR count). The molecule has 1 amide bonds. The van der Waals surface area contributed by atoms with Gasteiger partial charge in [-0.05, 0) is 25.3 Å². The lowest BCUT2D eigenvalue weighted by Gasteiger charge is -2.22. The second-order valence-electron chi connectivity index (χ2n) is 7.51. The smallest absolute Gasteiger partial charge is 0.243 e. The van der Waals surface area contributed by atoms with Crippen molar-refractivity contribution in [2.75, 3.05) is 60.1 Å². The molecule has 1 unspecified atom stereocenters. The predicted molar refractivity (Wildman–Crippen MR) is 116 cm³/mol. The number of guanidine groups is 1. The number of nitrogens with zero attached hydrogens (tertiary/aromatic N) is 3. The highest BCUT2D eigenvalue weighted by Gasteiger charge is 2.25. The van der Waals surface area contributed by atoms with Crippen molar-refractivity contribution >= 4 is 11.9 Å². The summed E-state index contributed by atoms with van der Waals surface area (Å²) in [6.45, 7) is 7.59. The van der Waals surface area contributed by atoms with E-state index in [9.17, 15) is 4.79 Å². The van der Waals surface area contributed by atoms with E-state index in [4.69, 9.17) is 9.47 Å². The molecule has 7 heteroatoms. The zero-order valence-corrected chi connectivity index (χ0v) is 18.1. The number of nitrogens with one attached hydrogen (secondary N) is 1. The third-order valence-corrected chi connectivity index (χ3v) is 4.87. The molecule has 0 saturated carbocycles. The van der Waals surface area contributed by atoms with Gasteiger partial charge in [-0.1, -0.05) is 30.3 Å².